The van der Waals surface area contributed by atoms with E-state index in [1.54, 1.807) is 14.0 Å². The van der Waals surface area contributed by atoms with Crippen LogP contribution in [-0.4, -0.2) is 91.0 Å². The molecule has 0 bridgehead atoms. The van der Waals surface area contributed by atoms with Gasteiger partial charge in [0.05, 0.1) is 13.2 Å². The third kappa shape index (κ3) is 3.88. The molecule has 4 atom stereocenters. The third-order valence-electron chi connectivity index (χ3n) is 6.16. The highest BCUT2D eigenvalue weighted by Crippen LogP contribution is 2.34. The van der Waals surface area contributed by atoms with Gasteiger partial charge in [0.25, 0.3) is 5.91 Å². The van der Waals surface area contributed by atoms with Crippen molar-refractivity contribution in [2.24, 2.45) is 5.92 Å². The zero-order valence-corrected chi connectivity index (χ0v) is 19.0. The van der Waals surface area contributed by atoms with Gasteiger partial charge in [-0.1, -0.05) is 6.92 Å². The van der Waals surface area contributed by atoms with E-state index in [1.165, 1.54) is 4.90 Å². The highest BCUT2D eigenvalue weighted by atomic mass is 16.5. The summed E-state index contributed by atoms with van der Waals surface area (Å²) in [6, 6.07) is 6.81. The van der Waals surface area contributed by atoms with Crippen LogP contribution in [0.4, 0.5) is 10.5 Å². The second-order valence-corrected chi connectivity index (χ2v) is 8.43. The highest BCUT2D eigenvalue weighted by Gasteiger charge is 2.57. The molecule has 3 amide bonds. The smallest absolute Gasteiger partial charge is 0.328 e. The summed E-state index contributed by atoms with van der Waals surface area (Å²) >= 11 is 0. The van der Waals surface area contributed by atoms with E-state index >= 15 is 0 Å². The first-order chi connectivity index (χ1) is 15.3. The summed E-state index contributed by atoms with van der Waals surface area (Å²) < 4.78 is 10.5. The summed E-state index contributed by atoms with van der Waals surface area (Å²) in [7, 11) is 1.65. The minimum Gasteiger partial charge on any atom is -0.494 e. The quantitative estimate of drug-likeness (QED) is 0.645. The van der Waals surface area contributed by atoms with E-state index in [0.717, 1.165) is 22.9 Å². The van der Waals surface area contributed by atoms with Gasteiger partial charge in [-0.15, -0.1) is 0 Å². The summed E-state index contributed by atoms with van der Waals surface area (Å²) in [5.74, 6) is 0.141. The van der Waals surface area contributed by atoms with Gasteiger partial charge in [-0.25, -0.2) is 4.79 Å². The summed E-state index contributed by atoms with van der Waals surface area (Å²) in [6.45, 7) is 7.71. The van der Waals surface area contributed by atoms with Gasteiger partial charge in [0.15, 0.2) is 0 Å². The first kappa shape index (κ1) is 22.3. The number of imide groups is 1. The van der Waals surface area contributed by atoms with Crippen LogP contribution in [0, 0.1) is 5.92 Å². The molecule has 3 fully saturated rings. The first-order valence-electron chi connectivity index (χ1n) is 11.1. The molecule has 3 saturated heterocycles. The molecule has 1 aromatic rings. The Kier molecular flexibility index (Phi) is 6.25. The maximum Gasteiger partial charge on any atom is 0.328 e. The Labute approximate surface area is 188 Å². The normalized spacial score (nSPS) is 27.9. The fourth-order valence-corrected chi connectivity index (χ4v) is 4.80. The molecule has 1 aromatic carbocycles. The average molecular weight is 446 g/mol. The van der Waals surface area contributed by atoms with Crippen LogP contribution in [0.5, 0.6) is 5.75 Å². The van der Waals surface area contributed by atoms with Crippen molar-refractivity contribution in [3.8, 4) is 5.75 Å². The van der Waals surface area contributed by atoms with Crippen LogP contribution < -0.4 is 15.0 Å². The predicted octanol–water partition coefficient (Wildman–Crippen LogP) is 0.882. The van der Waals surface area contributed by atoms with Gasteiger partial charge in [-0.2, -0.15) is 0 Å². The van der Waals surface area contributed by atoms with Gasteiger partial charge in [-0.3, -0.25) is 24.7 Å². The molecule has 1 N–H and O–H groups in total. The van der Waals surface area contributed by atoms with Crippen molar-refractivity contribution in [3.05, 3.63) is 24.3 Å². The topological polar surface area (TPSA) is 94.7 Å². The minimum absolute atomic E-state index is 0.196. The number of likely N-dealkylation sites (N-methyl/N-ethyl adjacent to an activating group) is 1. The molecule has 174 valence electrons. The number of amides is 3. The standard InChI is InChI=1S/C22H31N5O5/c1-5-31-16-9-7-15(8-10-16)25-11-14(3)12-26-18-19(23-21(25)26)24(4)22(30)27(20(18)29)13-17(28)32-6-2/h7-10,14,18-19,21,23H,5-6,11-13H2,1-4H3. The summed E-state index contributed by atoms with van der Waals surface area (Å²) in [6.07, 6.45) is -0.727. The van der Waals surface area contributed by atoms with Crippen LogP contribution in [0.25, 0.3) is 0 Å². The number of anilines is 1. The molecule has 0 aliphatic carbocycles. The predicted molar refractivity (Wildman–Crippen MR) is 117 cm³/mol. The van der Waals surface area contributed by atoms with E-state index < -0.39 is 24.2 Å². The van der Waals surface area contributed by atoms with E-state index in [1.807, 2.05) is 31.2 Å². The van der Waals surface area contributed by atoms with Crippen molar-refractivity contribution >= 4 is 23.6 Å². The number of carbonyl (C=O) groups is 3. The van der Waals surface area contributed by atoms with Crippen molar-refractivity contribution in [1.82, 2.24) is 20.0 Å². The highest BCUT2D eigenvalue weighted by molar-refractivity contribution is 6.02. The van der Waals surface area contributed by atoms with E-state index in [-0.39, 0.29) is 25.3 Å². The van der Waals surface area contributed by atoms with Crippen LogP contribution in [0.2, 0.25) is 0 Å². The first-order valence-corrected chi connectivity index (χ1v) is 11.1. The van der Waals surface area contributed by atoms with Crippen LogP contribution >= 0.6 is 0 Å². The Hall–Kier alpha value is -2.85. The molecular formula is C22H31N5O5. The zero-order valence-electron chi connectivity index (χ0n) is 19.0. The minimum atomic E-state index is -0.591. The number of carbonyl (C=O) groups excluding carboxylic acids is 3. The molecule has 32 heavy (non-hydrogen) atoms. The molecule has 0 spiro atoms. The third-order valence-corrected chi connectivity index (χ3v) is 6.16. The number of esters is 1. The van der Waals surface area contributed by atoms with Gasteiger partial charge in [-0.05, 0) is 44.0 Å². The molecule has 3 aliphatic heterocycles. The SMILES string of the molecule is CCOC(=O)CN1C(=O)C2C(NC3N(c4ccc(OCC)cc4)CC(C)CN23)N(C)C1=O. The van der Waals surface area contributed by atoms with E-state index in [4.69, 9.17) is 9.47 Å². The second kappa shape index (κ2) is 8.95. The number of ether oxygens (including phenoxy) is 2. The molecular weight excluding hydrogens is 414 g/mol. The molecule has 10 nitrogen and oxygen atoms in total. The maximum absolute atomic E-state index is 13.4. The van der Waals surface area contributed by atoms with Crippen molar-refractivity contribution in [1.29, 1.82) is 0 Å². The van der Waals surface area contributed by atoms with Crippen molar-refractivity contribution in [2.75, 3.05) is 44.8 Å². The molecule has 4 rings (SSSR count). The van der Waals surface area contributed by atoms with Gasteiger partial charge in [0.2, 0.25) is 0 Å². The van der Waals surface area contributed by atoms with E-state index in [9.17, 15) is 14.4 Å². The van der Waals surface area contributed by atoms with Gasteiger partial charge >= 0.3 is 12.0 Å². The number of fused-ring (bicyclic) bond motifs is 3. The molecule has 3 heterocycles. The Balaban J connectivity index is 1.60. The lowest BCUT2D eigenvalue weighted by molar-refractivity contribution is -0.151. The number of nitrogens with one attached hydrogen (secondary N) is 1. The Morgan fingerprint density at radius 1 is 1.12 bits per heavy atom. The van der Waals surface area contributed by atoms with Crippen molar-refractivity contribution in [2.45, 2.75) is 39.3 Å². The van der Waals surface area contributed by atoms with Gasteiger partial charge < -0.3 is 19.3 Å². The van der Waals surface area contributed by atoms with Crippen LogP contribution in [-0.2, 0) is 14.3 Å². The Morgan fingerprint density at radius 2 is 1.84 bits per heavy atom. The van der Waals surface area contributed by atoms with E-state index in [2.05, 4.69) is 22.0 Å². The van der Waals surface area contributed by atoms with Crippen LogP contribution in [0.3, 0.4) is 0 Å². The lowest BCUT2D eigenvalue weighted by Gasteiger charge is -2.45. The molecule has 0 radical (unpaired) electrons. The summed E-state index contributed by atoms with van der Waals surface area (Å²) in [5.41, 5.74) is 1.01. The lowest BCUT2D eigenvalue weighted by atomic mass is 10.0. The molecule has 0 saturated carbocycles. The molecule has 0 aromatic heterocycles. The number of benzene rings is 1. The van der Waals surface area contributed by atoms with Crippen LogP contribution in [0.15, 0.2) is 24.3 Å². The average Bonchev–Trinajstić information content (AvgIpc) is 3.15. The molecule has 3 aliphatic rings. The summed E-state index contributed by atoms with van der Waals surface area (Å²) in [5, 5.41) is 3.48. The second-order valence-electron chi connectivity index (χ2n) is 8.43. The van der Waals surface area contributed by atoms with E-state index in [0.29, 0.717) is 19.1 Å². The Bertz CT molecular complexity index is 878. The number of urea groups is 1. The fraction of sp³-hybridized carbons (Fsp3) is 0.591. The zero-order chi connectivity index (χ0) is 23.0. The number of hydrogen-bond acceptors (Lipinski definition) is 8. The van der Waals surface area contributed by atoms with Gasteiger partial charge in [0, 0.05) is 25.8 Å². The largest absolute Gasteiger partial charge is 0.494 e. The lowest BCUT2D eigenvalue weighted by Crippen LogP contribution is -2.67. The van der Waals surface area contributed by atoms with Crippen LogP contribution in [0.1, 0.15) is 20.8 Å². The fourth-order valence-electron chi connectivity index (χ4n) is 4.80. The number of nitrogens with zero attached hydrogens (tertiary/aromatic N) is 4. The number of hydrogen-bond donors (Lipinski definition) is 1. The monoisotopic (exact) mass is 445 g/mol. The maximum atomic E-state index is 13.4. The van der Waals surface area contributed by atoms with Crippen molar-refractivity contribution in [3.63, 3.8) is 0 Å². The number of rotatable bonds is 6. The Morgan fingerprint density at radius 3 is 2.50 bits per heavy atom. The molecule has 10 heteroatoms. The summed E-state index contributed by atoms with van der Waals surface area (Å²) in [4.78, 5) is 45.1. The van der Waals surface area contributed by atoms with Gasteiger partial charge in [0.1, 0.15) is 30.8 Å². The van der Waals surface area contributed by atoms with Crippen molar-refractivity contribution < 1.29 is 23.9 Å². The molecule has 4 unspecified atom stereocenters.